The van der Waals surface area contributed by atoms with Gasteiger partial charge in [-0.3, -0.25) is 4.79 Å². The minimum Gasteiger partial charge on any atom is -0.381 e. The minimum atomic E-state index is 0.185. The molecular weight excluding hydrogens is 208 g/mol. The van der Waals surface area contributed by atoms with Gasteiger partial charge >= 0.3 is 0 Å². The molecule has 16 heavy (non-hydrogen) atoms. The fourth-order valence-electron chi connectivity index (χ4n) is 2.34. The Morgan fingerprint density at radius 1 is 1.56 bits per heavy atom. The number of carbonyl (C=O) groups excluding carboxylic acids is 1. The Balaban J connectivity index is 1.81. The van der Waals surface area contributed by atoms with Crippen molar-refractivity contribution in [2.24, 2.45) is 17.0 Å². The lowest BCUT2D eigenvalue weighted by Gasteiger charge is -2.19. The van der Waals surface area contributed by atoms with Crippen molar-refractivity contribution in [2.75, 3.05) is 32.8 Å². The zero-order valence-electron chi connectivity index (χ0n) is 9.21. The second kappa shape index (κ2) is 5.18. The maximum absolute atomic E-state index is 11.7. The van der Waals surface area contributed by atoms with Gasteiger partial charge in [-0.25, -0.2) is 0 Å². The highest BCUT2D eigenvalue weighted by atomic mass is 16.5. The van der Waals surface area contributed by atoms with Crippen molar-refractivity contribution >= 4 is 5.91 Å². The van der Waals surface area contributed by atoms with Gasteiger partial charge in [0.2, 0.25) is 5.91 Å². The van der Waals surface area contributed by atoms with Crippen molar-refractivity contribution in [1.82, 2.24) is 4.90 Å². The van der Waals surface area contributed by atoms with Crippen molar-refractivity contribution in [3.05, 3.63) is 10.4 Å². The SMILES string of the molecule is [N-]=[N+]=NCC1CC(=O)N(CC2CCOC2)C1. The molecule has 2 unspecified atom stereocenters. The fourth-order valence-corrected chi connectivity index (χ4v) is 2.34. The topological polar surface area (TPSA) is 78.3 Å². The van der Waals surface area contributed by atoms with Crippen LogP contribution in [0.2, 0.25) is 0 Å². The maximum atomic E-state index is 11.7. The third-order valence-electron chi connectivity index (χ3n) is 3.20. The number of ether oxygens (including phenoxy) is 1. The van der Waals surface area contributed by atoms with Crippen LogP contribution in [0.15, 0.2) is 5.11 Å². The van der Waals surface area contributed by atoms with E-state index < -0.39 is 0 Å². The Morgan fingerprint density at radius 3 is 3.12 bits per heavy atom. The molecule has 0 aromatic heterocycles. The van der Waals surface area contributed by atoms with E-state index in [-0.39, 0.29) is 11.8 Å². The maximum Gasteiger partial charge on any atom is 0.222 e. The monoisotopic (exact) mass is 224 g/mol. The lowest BCUT2D eigenvalue weighted by molar-refractivity contribution is -0.128. The second-order valence-electron chi connectivity index (χ2n) is 4.51. The molecule has 2 rings (SSSR count). The van der Waals surface area contributed by atoms with Gasteiger partial charge in [-0.1, -0.05) is 5.11 Å². The first kappa shape index (κ1) is 11.2. The Labute approximate surface area is 94.2 Å². The minimum absolute atomic E-state index is 0.185. The van der Waals surface area contributed by atoms with Crippen LogP contribution in [0.1, 0.15) is 12.8 Å². The molecule has 0 spiro atoms. The molecule has 6 nitrogen and oxygen atoms in total. The van der Waals surface area contributed by atoms with Gasteiger partial charge < -0.3 is 9.64 Å². The number of likely N-dealkylation sites (tertiary alicyclic amines) is 1. The summed E-state index contributed by atoms with van der Waals surface area (Å²) in [6.45, 7) is 3.54. The summed E-state index contributed by atoms with van der Waals surface area (Å²) in [5.41, 5.74) is 8.23. The average molecular weight is 224 g/mol. The lowest BCUT2D eigenvalue weighted by Crippen LogP contribution is -2.31. The lowest BCUT2D eigenvalue weighted by atomic mass is 10.1. The van der Waals surface area contributed by atoms with Gasteiger partial charge in [0.25, 0.3) is 0 Å². The number of amides is 1. The zero-order valence-corrected chi connectivity index (χ0v) is 9.21. The molecule has 0 saturated carbocycles. The summed E-state index contributed by atoms with van der Waals surface area (Å²) in [6.07, 6.45) is 1.57. The smallest absolute Gasteiger partial charge is 0.222 e. The van der Waals surface area contributed by atoms with Crippen molar-refractivity contribution in [3.8, 4) is 0 Å². The third kappa shape index (κ3) is 2.65. The van der Waals surface area contributed by atoms with Crippen molar-refractivity contribution in [1.29, 1.82) is 0 Å². The van der Waals surface area contributed by atoms with Crippen LogP contribution in [-0.4, -0.2) is 43.7 Å². The average Bonchev–Trinajstić information content (AvgIpc) is 2.87. The summed E-state index contributed by atoms with van der Waals surface area (Å²) in [6, 6.07) is 0. The Morgan fingerprint density at radius 2 is 2.44 bits per heavy atom. The van der Waals surface area contributed by atoms with Gasteiger partial charge in [0.15, 0.2) is 0 Å². The van der Waals surface area contributed by atoms with Crippen LogP contribution in [0.4, 0.5) is 0 Å². The molecule has 0 bridgehead atoms. The summed E-state index contributed by atoms with van der Waals surface area (Å²) >= 11 is 0. The summed E-state index contributed by atoms with van der Waals surface area (Å²) in [5.74, 6) is 0.873. The van der Waals surface area contributed by atoms with E-state index >= 15 is 0 Å². The van der Waals surface area contributed by atoms with E-state index in [0.717, 1.165) is 32.7 Å². The molecule has 0 aromatic carbocycles. The number of hydrogen-bond acceptors (Lipinski definition) is 3. The Bertz CT molecular complexity index is 308. The zero-order chi connectivity index (χ0) is 11.4. The van der Waals surface area contributed by atoms with Gasteiger partial charge in [-0.05, 0) is 17.9 Å². The van der Waals surface area contributed by atoms with E-state index in [1.807, 2.05) is 4.90 Å². The predicted molar refractivity (Wildman–Crippen MR) is 57.6 cm³/mol. The normalized spacial score (nSPS) is 29.5. The van der Waals surface area contributed by atoms with E-state index in [4.69, 9.17) is 10.3 Å². The molecule has 2 aliphatic heterocycles. The molecule has 0 radical (unpaired) electrons. The number of azide groups is 1. The second-order valence-corrected chi connectivity index (χ2v) is 4.51. The van der Waals surface area contributed by atoms with Crippen LogP contribution in [0.5, 0.6) is 0 Å². The number of hydrogen-bond donors (Lipinski definition) is 0. The summed E-state index contributed by atoms with van der Waals surface area (Å²) in [5, 5.41) is 3.53. The van der Waals surface area contributed by atoms with Crippen LogP contribution in [-0.2, 0) is 9.53 Å². The van der Waals surface area contributed by atoms with E-state index in [1.54, 1.807) is 0 Å². The van der Waals surface area contributed by atoms with Gasteiger partial charge in [0, 0.05) is 43.5 Å². The van der Waals surface area contributed by atoms with Crippen LogP contribution < -0.4 is 0 Å². The summed E-state index contributed by atoms with van der Waals surface area (Å²) < 4.78 is 5.29. The predicted octanol–water partition coefficient (Wildman–Crippen LogP) is 1.18. The van der Waals surface area contributed by atoms with Crippen molar-refractivity contribution in [3.63, 3.8) is 0 Å². The first-order valence-electron chi connectivity index (χ1n) is 5.66. The quantitative estimate of drug-likeness (QED) is 0.408. The number of nitrogens with zero attached hydrogens (tertiary/aromatic N) is 4. The van der Waals surface area contributed by atoms with Gasteiger partial charge in [0.1, 0.15) is 0 Å². The van der Waals surface area contributed by atoms with Crippen molar-refractivity contribution < 1.29 is 9.53 Å². The molecule has 88 valence electrons. The summed E-state index contributed by atoms with van der Waals surface area (Å²) in [4.78, 5) is 16.3. The van der Waals surface area contributed by atoms with Gasteiger partial charge in [0.05, 0.1) is 6.61 Å². The molecule has 2 fully saturated rings. The molecule has 2 heterocycles. The molecule has 2 atom stereocenters. The van der Waals surface area contributed by atoms with Gasteiger partial charge in [-0.2, -0.15) is 0 Å². The van der Waals surface area contributed by atoms with E-state index in [9.17, 15) is 4.79 Å². The van der Waals surface area contributed by atoms with E-state index in [2.05, 4.69) is 10.0 Å². The molecule has 6 heteroatoms. The molecule has 0 aromatic rings. The standard InChI is InChI=1S/C10H16N4O2/c11-13-12-4-9-3-10(15)14(6-9)5-8-1-2-16-7-8/h8-9H,1-7H2. The first-order chi connectivity index (χ1) is 7.79. The van der Waals surface area contributed by atoms with E-state index in [1.165, 1.54) is 0 Å². The molecule has 2 saturated heterocycles. The van der Waals surface area contributed by atoms with E-state index in [0.29, 0.717) is 18.9 Å². The van der Waals surface area contributed by atoms with Crippen LogP contribution in [0.3, 0.4) is 0 Å². The molecule has 0 N–H and O–H groups in total. The number of carbonyl (C=O) groups is 1. The molecule has 0 aliphatic carbocycles. The first-order valence-corrected chi connectivity index (χ1v) is 5.66. The third-order valence-corrected chi connectivity index (χ3v) is 3.20. The summed E-state index contributed by atoms with van der Waals surface area (Å²) in [7, 11) is 0. The molecular formula is C10H16N4O2. The largest absolute Gasteiger partial charge is 0.381 e. The molecule has 1 amide bonds. The Hall–Kier alpha value is -1.26. The van der Waals surface area contributed by atoms with Crippen LogP contribution >= 0.6 is 0 Å². The van der Waals surface area contributed by atoms with Crippen molar-refractivity contribution in [2.45, 2.75) is 12.8 Å². The highest BCUT2D eigenvalue weighted by Crippen LogP contribution is 2.22. The van der Waals surface area contributed by atoms with Crippen LogP contribution in [0.25, 0.3) is 10.4 Å². The fraction of sp³-hybridized carbons (Fsp3) is 0.900. The number of rotatable bonds is 4. The molecule has 2 aliphatic rings. The Kier molecular flexibility index (Phi) is 3.64. The highest BCUT2D eigenvalue weighted by Gasteiger charge is 2.31. The van der Waals surface area contributed by atoms with Crippen LogP contribution in [0, 0.1) is 11.8 Å². The van der Waals surface area contributed by atoms with Gasteiger partial charge in [-0.15, -0.1) is 0 Å². The highest BCUT2D eigenvalue weighted by molar-refractivity contribution is 5.78.